The summed E-state index contributed by atoms with van der Waals surface area (Å²) in [5.41, 5.74) is 3.41. The molecule has 0 bridgehead atoms. The van der Waals surface area contributed by atoms with Gasteiger partial charge < -0.3 is 15.3 Å². The molecule has 0 aliphatic carbocycles. The topological polar surface area (TPSA) is 52.6 Å². The normalized spacial score (nSPS) is 15.7. The second-order valence-corrected chi connectivity index (χ2v) is 6.36. The van der Waals surface area contributed by atoms with E-state index in [1.165, 1.54) is 11.3 Å². The van der Waals surface area contributed by atoms with Crippen molar-refractivity contribution >= 4 is 11.6 Å². The highest BCUT2D eigenvalue weighted by atomic mass is 16.3. The van der Waals surface area contributed by atoms with Crippen LogP contribution in [0.15, 0.2) is 54.6 Å². The quantitative estimate of drug-likeness (QED) is 0.859. The third-order valence-corrected chi connectivity index (χ3v) is 4.61. The smallest absolute Gasteiger partial charge is 0.223 e. The molecular formula is C20H24N2O2. The van der Waals surface area contributed by atoms with Crippen LogP contribution >= 0.6 is 0 Å². The number of hydrogen-bond acceptors (Lipinski definition) is 3. The summed E-state index contributed by atoms with van der Waals surface area (Å²) < 4.78 is 0. The Balaban J connectivity index is 1.50. The van der Waals surface area contributed by atoms with Gasteiger partial charge >= 0.3 is 0 Å². The molecule has 2 N–H and O–H groups in total. The minimum Gasteiger partial charge on any atom is -0.388 e. The first kappa shape index (κ1) is 16.5. The molecule has 0 fully saturated rings. The number of benzene rings is 2. The van der Waals surface area contributed by atoms with Gasteiger partial charge in [-0.05, 0) is 30.5 Å². The van der Waals surface area contributed by atoms with Gasteiger partial charge in [-0.2, -0.15) is 0 Å². The summed E-state index contributed by atoms with van der Waals surface area (Å²) in [5, 5.41) is 13.1. The van der Waals surface area contributed by atoms with Crippen molar-refractivity contribution in [2.45, 2.75) is 31.9 Å². The maximum Gasteiger partial charge on any atom is 0.223 e. The summed E-state index contributed by atoms with van der Waals surface area (Å²) in [6.45, 7) is 3.69. The molecule has 2 aromatic rings. The molecule has 0 saturated heterocycles. The number of carbonyl (C=O) groups is 1. The van der Waals surface area contributed by atoms with Crippen molar-refractivity contribution < 1.29 is 9.90 Å². The van der Waals surface area contributed by atoms with Gasteiger partial charge in [0.05, 0.1) is 12.5 Å². The molecule has 1 amide bonds. The number of anilines is 1. The van der Waals surface area contributed by atoms with Crippen LogP contribution < -0.4 is 10.2 Å². The first-order chi connectivity index (χ1) is 11.6. The van der Waals surface area contributed by atoms with Gasteiger partial charge in [0.15, 0.2) is 0 Å². The van der Waals surface area contributed by atoms with Crippen molar-refractivity contribution in [3.05, 3.63) is 65.7 Å². The SMILES string of the molecule is CC(CNC(=O)CC(O)c1ccccc1)N1CCc2ccccc21. The average Bonchev–Trinajstić information content (AvgIpc) is 3.04. The molecule has 0 spiro atoms. The maximum atomic E-state index is 12.1. The molecule has 4 heteroatoms. The van der Waals surface area contributed by atoms with Gasteiger partial charge in [0.25, 0.3) is 0 Å². The standard InChI is InChI=1S/C20H24N2O2/c1-15(22-12-11-16-7-5-6-10-18(16)22)14-21-20(24)13-19(23)17-8-3-2-4-9-17/h2-10,15,19,23H,11-14H2,1H3,(H,21,24). The largest absolute Gasteiger partial charge is 0.388 e. The summed E-state index contributed by atoms with van der Waals surface area (Å²) in [4.78, 5) is 14.4. The second kappa shape index (κ2) is 7.49. The number of hydrogen-bond donors (Lipinski definition) is 2. The zero-order chi connectivity index (χ0) is 16.9. The number of fused-ring (bicyclic) bond motifs is 1. The number of amides is 1. The van der Waals surface area contributed by atoms with E-state index in [2.05, 4.69) is 41.4 Å². The van der Waals surface area contributed by atoms with Crippen LogP contribution in [0.3, 0.4) is 0 Å². The minimum atomic E-state index is -0.756. The zero-order valence-corrected chi connectivity index (χ0v) is 14.0. The van der Waals surface area contributed by atoms with E-state index in [1.807, 2.05) is 30.3 Å². The Morgan fingerprint density at radius 2 is 1.88 bits per heavy atom. The lowest BCUT2D eigenvalue weighted by Gasteiger charge is -2.27. The molecule has 3 rings (SSSR count). The Bertz CT molecular complexity index is 687. The fourth-order valence-corrected chi connectivity index (χ4v) is 3.23. The van der Waals surface area contributed by atoms with E-state index in [9.17, 15) is 9.90 Å². The molecule has 2 atom stereocenters. The van der Waals surface area contributed by atoms with E-state index in [-0.39, 0.29) is 18.4 Å². The van der Waals surface area contributed by atoms with Crippen LogP contribution in [0, 0.1) is 0 Å². The Hall–Kier alpha value is -2.33. The highest BCUT2D eigenvalue weighted by molar-refractivity contribution is 5.76. The third-order valence-electron chi connectivity index (χ3n) is 4.61. The van der Waals surface area contributed by atoms with Gasteiger partial charge in [-0.25, -0.2) is 0 Å². The molecule has 24 heavy (non-hydrogen) atoms. The van der Waals surface area contributed by atoms with Crippen LogP contribution in [-0.4, -0.2) is 30.1 Å². The first-order valence-corrected chi connectivity index (χ1v) is 8.49. The lowest BCUT2D eigenvalue weighted by atomic mass is 10.1. The van der Waals surface area contributed by atoms with Crippen LogP contribution in [0.2, 0.25) is 0 Å². The summed E-state index contributed by atoms with van der Waals surface area (Å²) in [7, 11) is 0. The number of aliphatic hydroxyl groups is 1. The summed E-state index contributed by atoms with van der Waals surface area (Å²) in [5.74, 6) is -0.120. The van der Waals surface area contributed by atoms with Gasteiger partial charge in [0.1, 0.15) is 0 Å². The number of para-hydroxylation sites is 1. The number of nitrogens with one attached hydrogen (secondary N) is 1. The van der Waals surface area contributed by atoms with Crippen LogP contribution in [0.1, 0.15) is 30.6 Å². The molecule has 126 valence electrons. The summed E-state index contributed by atoms with van der Waals surface area (Å²) in [6, 6.07) is 17.9. The molecule has 4 nitrogen and oxygen atoms in total. The van der Waals surface area contributed by atoms with Crippen LogP contribution in [0.5, 0.6) is 0 Å². The van der Waals surface area contributed by atoms with Crippen molar-refractivity contribution in [2.24, 2.45) is 0 Å². The van der Waals surface area contributed by atoms with E-state index in [1.54, 1.807) is 0 Å². The number of carbonyl (C=O) groups excluding carboxylic acids is 1. The fourth-order valence-electron chi connectivity index (χ4n) is 3.23. The lowest BCUT2D eigenvalue weighted by Crippen LogP contribution is -2.41. The fraction of sp³-hybridized carbons (Fsp3) is 0.350. The first-order valence-electron chi connectivity index (χ1n) is 8.49. The maximum absolute atomic E-state index is 12.1. The van der Waals surface area contributed by atoms with Gasteiger partial charge in [0.2, 0.25) is 5.91 Å². The molecule has 0 aromatic heterocycles. The van der Waals surface area contributed by atoms with Crippen molar-refractivity contribution in [2.75, 3.05) is 18.0 Å². The van der Waals surface area contributed by atoms with Gasteiger partial charge in [0, 0.05) is 24.8 Å². The van der Waals surface area contributed by atoms with Crippen LogP contribution in [-0.2, 0) is 11.2 Å². The van der Waals surface area contributed by atoms with Crippen molar-refractivity contribution in [1.82, 2.24) is 5.32 Å². The third kappa shape index (κ3) is 3.77. The summed E-state index contributed by atoms with van der Waals surface area (Å²) in [6.07, 6.45) is 0.392. The van der Waals surface area contributed by atoms with Crippen LogP contribution in [0.4, 0.5) is 5.69 Å². The number of aliphatic hydroxyl groups excluding tert-OH is 1. The predicted octanol–water partition coefficient (Wildman–Crippen LogP) is 2.68. The molecule has 1 aliphatic heterocycles. The number of nitrogens with zero attached hydrogens (tertiary/aromatic N) is 1. The molecule has 0 radical (unpaired) electrons. The Kier molecular flexibility index (Phi) is 5.16. The van der Waals surface area contributed by atoms with E-state index in [0.29, 0.717) is 6.54 Å². The summed E-state index contributed by atoms with van der Waals surface area (Å²) >= 11 is 0. The van der Waals surface area contributed by atoms with Crippen molar-refractivity contribution in [3.8, 4) is 0 Å². The minimum absolute atomic E-state index is 0.0906. The van der Waals surface area contributed by atoms with E-state index in [4.69, 9.17) is 0 Å². The zero-order valence-electron chi connectivity index (χ0n) is 14.0. The predicted molar refractivity (Wildman–Crippen MR) is 96.0 cm³/mol. The number of rotatable bonds is 6. The van der Waals surface area contributed by atoms with Crippen LogP contribution in [0.25, 0.3) is 0 Å². The molecule has 2 aromatic carbocycles. The molecular weight excluding hydrogens is 300 g/mol. The van der Waals surface area contributed by atoms with E-state index in [0.717, 1.165) is 18.5 Å². The Labute approximate surface area is 143 Å². The van der Waals surface area contributed by atoms with Gasteiger partial charge in [-0.15, -0.1) is 0 Å². The van der Waals surface area contributed by atoms with Gasteiger partial charge in [-0.1, -0.05) is 48.5 Å². The monoisotopic (exact) mass is 324 g/mol. The Morgan fingerprint density at radius 1 is 1.17 bits per heavy atom. The highest BCUT2D eigenvalue weighted by Gasteiger charge is 2.23. The second-order valence-electron chi connectivity index (χ2n) is 6.36. The molecule has 2 unspecified atom stereocenters. The van der Waals surface area contributed by atoms with E-state index >= 15 is 0 Å². The van der Waals surface area contributed by atoms with Gasteiger partial charge in [-0.3, -0.25) is 4.79 Å². The van der Waals surface area contributed by atoms with E-state index < -0.39 is 6.10 Å². The van der Waals surface area contributed by atoms with Crippen molar-refractivity contribution in [3.63, 3.8) is 0 Å². The lowest BCUT2D eigenvalue weighted by molar-refractivity contribution is -0.123. The molecule has 0 saturated carbocycles. The molecule has 1 aliphatic rings. The van der Waals surface area contributed by atoms with Crippen molar-refractivity contribution in [1.29, 1.82) is 0 Å². The average molecular weight is 324 g/mol. The molecule has 1 heterocycles. The highest BCUT2D eigenvalue weighted by Crippen LogP contribution is 2.28. The Morgan fingerprint density at radius 3 is 2.67 bits per heavy atom.